The van der Waals surface area contributed by atoms with Crippen LogP contribution in [-0.4, -0.2) is 6.54 Å². The van der Waals surface area contributed by atoms with Crippen LogP contribution in [0, 0.1) is 0 Å². The average molecular weight is 251 g/mol. The van der Waals surface area contributed by atoms with Crippen LogP contribution in [0.5, 0.6) is 0 Å². The molecule has 1 aliphatic heterocycles. The van der Waals surface area contributed by atoms with Crippen LogP contribution in [0.4, 0.5) is 5.69 Å². The first-order valence-electron chi connectivity index (χ1n) is 7.22. The smallest absolute Gasteiger partial charge is 0.0450 e. The van der Waals surface area contributed by atoms with E-state index in [0.717, 1.165) is 19.4 Å². The fourth-order valence-corrected chi connectivity index (χ4v) is 3.11. The fourth-order valence-electron chi connectivity index (χ4n) is 3.11. The molecule has 0 spiro atoms. The van der Waals surface area contributed by atoms with E-state index >= 15 is 0 Å². The highest BCUT2D eigenvalue weighted by Crippen LogP contribution is 2.44. The van der Waals surface area contributed by atoms with E-state index in [4.69, 9.17) is 0 Å². The summed E-state index contributed by atoms with van der Waals surface area (Å²) in [6, 6.07) is 8.81. The van der Waals surface area contributed by atoms with Crippen molar-refractivity contribution in [3.05, 3.63) is 65.4 Å². The number of fused-ring (bicyclic) bond motifs is 3. The lowest BCUT2D eigenvalue weighted by Crippen LogP contribution is -2.18. The zero-order chi connectivity index (χ0) is 13.2. The molecule has 1 heterocycles. The molecule has 1 aromatic rings. The molecule has 0 radical (unpaired) electrons. The van der Waals surface area contributed by atoms with Crippen LogP contribution < -0.4 is 4.90 Å². The van der Waals surface area contributed by atoms with Gasteiger partial charge in [-0.15, -0.1) is 0 Å². The van der Waals surface area contributed by atoms with Crippen molar-refractivity contribution in [2.45, 2.75) is 32.6 Å². The molecule has 0 saturated heterocycles. The number of para-hydroxylation sites is 1. The maximum Gasteiger partial charge on any atom is 0.0450 e. The van der Waals surface area contributed by atoms with Crippen molar-refractivity contribution in [2.24, 2.45) is 0 Å². The summed E-state index contributed by atoms with van der Waals surface area (Å²) in [4.78, 5) is 2.46. The number of benzene rings is 1. The summed E-state index contributed by atoms with van der Waals surface area (Å²) < 4.78 is 0. The first-order valence-corrected chi connectivity index (χ1v) is 7.22. The average Bonchev–Trinajstić information content (AvgIpc) is 2.77. The molecule has 3 rings (SSSR count). The monoisotopic (exact) mass is 251 g/mol. The second-order valence-electron chi connectivity index (χ2n) is 5.29. The fraction of sp³-hybridized carbons (Fsp3) is 0.333. The molecule has 98 valence electrons. The van der Waals surface area contributed by atoms with Crippen molar-refractivity contribution in [1.29, 1.82) is 0 Å². The maximum atomic E-state index is 2.46. The normalized spacial score (nSPS) is 26.2. The van der Waals surface area contributed by atoms with Gasteiger partial charge in [-0.25, -0.2) is 0 Å². The van der Waals surface area contributed by atoms with Crippen LogP contribution in [0.3, 0.4) is 0 Å². The summed E-state index contributed by atoms with van der Waals surface area (Å²) >= 11 is 0. The lowest BCUT2D eigenvalue weighted by Gasteiger charge is -2.20. The molecule has 1 aliphatic carbocycles. The van der Waals surface area contributed by atoms with Gasteiger partial charge in [-0.1, -0.05) is 48.1 Å². The Balaban J connectivity index is 2.11. The minimum absolute atomic E-state index is 0.428. The minimum Gasteiger partial charge on any atom is -0.345 e. The molecule has 1 heteroatoms. The molecular formula is C18H21N. The Morgan fingerprint density at radius 2 is 1.95 bits per heavy atom. The molecule has 1 atom stereocenters. The van der Waals surface area contributed by atoms with Gasteiger partial charge in [-0.05, 0) is 38.3 Å². The van der Waals surface area contributed by atoms with Gasteiger partial charge in [0.1, 0.15) is 0 Å². The largest absolute Gasteiger partial charge is 0.345 e. The first-order chi connectivity index (χ1) is 9.31. The standard InChI is InChI=1S/C18H21N/c1-3-19-17-11-7-5-9-15(17)16-13-12-14(2)8-4-6-10-18(16)19/h5,7-13,16H,3-4,6H2,1-2H3/b13-12-,14-8-,18-10?. The van der Waals surface area contributed by atoms with Crippen LogP contribution in [0.2, 0.25) is 0 Å². The van der Waals surface area contributed by atoms with Gasteiger partial charge in [0.25, 0.3) is 0 Å². The summed E-state index contributed by atoms with van der Waals surface area (Å²) in [7, 11) is 0. The Kier molecular flexibility index (Phi) is 3.29. The highest BCUT2D eigenvalue weighted by molar-refractivity contribution is 5.69. The highest BCUT2D eigenvalue weighted by Gasteiger charge is 2.30. The predicted molar refractivity (Wildman–Crippen MR) is 82.4 cm³/mol. The SMILES string of the molecule is CCN1C2=CCC/C=C(C)\C=C/C2c2ccccc21. The van der Waals surface area contributed by atoms with Crippen LogP contribution in [-0.2, 0) is 0 Å². The van der Waals surface area contributed by atoms with Crippen molar-refractivity contribution in [3.8, 4) is 0 Å². The van der Waals surface area contributed by atoms with Crippen molar-refractivity contribution >= 4 is 5.69 Å². The Morgan fingerprint density at radius 3 is 2.79 bits per heavy atom. The number of nitrogens with zero attached hydrogens (tertiary/aromatic N) is 1. The molecule has 0 bridgehead atoms. The van der Waals surface area contributed by atoms with Gasteiger partial charge < -0.3 is 4.90 Å². The maximum absolute atomic E-state index is 2.46. The molecule has 1 aromatic carbocycles. The summed E-state index contributed by atoms with van der Waals surface area (Å²) in [5.74, 6) is 0.428. The van der Waals surface area contributed by atoms with Crippen molar-refractivity contribution in [2.75, 3.05) is 11.4 Å². The topological polar surface area (TPSA) is 3.24 Å². The van der Waals surface area contributed by atoms with E-state index in [2.05, 4.69) is 67.3 Å². The number of anilines is 1. The van der Waals surface area contributed by atoms with Gasteiger partial charge in [0, 0.05) is 23.8 Å². The molecule has 19 heavy (non-hydrogen) atoms. The number of allylic oxidation sites excluding steroid dienone is 5. The van der Waals surface area contributed by atoms with Gasteiger partial charge in [0.15, 0.2) is 0 Å². The van der Waals surface area contributed by atoms with E-state index in [1.807, 2.05) is 0 Å². The van der Waals surface area contributed by atoms with E-state index in [0.29, 0.717) is 5.92 Å². The number of likely N-dealkylation sites (N-methyl/N-ethyl adjacent to an activating group) is 1. The van der Waals surface area contributed by atoms with Crippen LogP contribution in [0.25, 0.3) is 0 Å². The van der Waals surface area contributed by atoms with E-state index in [1.165, 1.54) is 22.5 Å². The Bertz CT molecular complexity index is 563. The Labute approximate surface area is 115 Å². The van der Waals surface area contributed by atoms with Crippen molar-refractivity contribution < 1.29 is 0 Å². The van der Waals surface area contributed by atoms with Gasteiger partial charge >= 0.3 is 0 Å². The summed E-state index contributed by atoms with van der Waals surface area (Å²) in [5.41, 5.74) is 5.67. The summed E-state index contributed by atoms with van der Waals surface area (Å²) in [6.07, 6.45) is 11.7. The van der Waals surface area contributed by atoms with Gasteiger partial charge in [-0.2, -0.15) is 0 Å². The van der Waals surface area contributed by atoms with E-state index in [-0.39, 0.29) is 0 Å². The zero-order valence-corrected chi connectivity index (χ0v) is 11.8. The third kappa shape index (κ3) is 2.14. The molecule has 0 saturated carbocycles. The number of hydrogen-bond acceptors (Lipinski definition) is 1. The summed E-state index contributed by atoms with van der Waals surface area (Å²) in [5, 5.41) is 0. The summed E-state index contributed by atoms with van der Waals surface area (Å²) in [6.45, 7) is 5.47. The van der Waals surface area contributed by atoms with Gasteiger partial charge in [0.2, 0.25) is 0 Å². The van der Waals surface area contributed by atoms with E-state index in [1.54, 1.807) is 0 Å². The molecule has 1 unspecified atom stereocenters. The molecule has 2 aliphatic rings. The van der Waals surface area contributed by atoms with E-state index in [9.17, 15) is 0 Å². The van der Waals surface area contributed by atoms with Crippen molar-refractivity contribution in [3.63, 3.8) is 0 Å². The van der Waals surface area contributed by atoms with Crippen LogP contribution in [0.15, 0.2) is 59.8 Å². The quantitative estimate of drug-likeness (QED) is 0.693. The molecule has 0 aromatic heterocycles. The molecule has 0 N–H and O–H groups in total. The highest BCUT2D eigenvalue weighted by atomic mass is 15.2. The third-order valence-electron chi connectivity index (χ3n) is 4.05. The second-order valence-corrected chi connectivity index (χ2v) is 5.29. The lowest BCUT2D eigenvalue weighted by molar-refractivity contribution is 0.899. The third-order valence-corrected chi connectivity index (χ3v) is 4.05. The number of rotatable bonds is 1. The Hall–Kier alpha value is -1.76. The van der Waals surface area contributed by atoms with Crippen molar-refractivity contribution in [1.82, 2.24) is 0 Å². The molecule has 1 nitrogen and oxygen atoms in total. The van der Waals surface area contributed by atoms with Gasteiger partial charge in [0.05, 0.1) is 0 Å². The van der Waals surface area contributed by atoms with E-state index < -0.39 is 0 Å². The molecule has 0 amide bonds. The first kappa shape index (κ1) is 12.3. The molecular weight excluding hydrogens is 230 g/mol. The second kappa shape index (κ2) is 5.08. The van der Waals surface area contributed by atoms with Crippen LogP contribution >= 0.6 is 0 Å². The number of hydrogen-bond donors (Lipinski definition) is 0. The Morgan fingerprint density at radius 1 is 1.16 bits per heavy atom. The lowest BCUT2D eigenvalue weighted by atomic mass is 9.97. The zero-order valence-electron chi connectivity index (χ0n) is 11.8. The predicted octanol–water partition coefficient (Wildman–Crippen LogP) is 4.79. The van der Waals surface area contributed by atoms with Gasteiger partial charge in [-0.3, -0.25) is 0 Å². The van der Waals surface area contributed by atoms with Crippen LogP contribution in [0.1, 0.15) is 38.2 Å². The minimum atomic E-state index is 0.428. The molecule has 0 fully saturated rings.